The predicted molar refractivity (Wildman–Crippen MR) is 105 cm³/mol. The molecule has 0 spiro atoms. The van der Waals surface area contributed by atoms with E-state index in [-0.39, 0.29) is 10.8 Å². The summed E-state index contributed by atoms with van der Waals surface area (Å²) in [6.07, 6.45) is 1.95. The van der Waals surface area contributed by atoms with Gasteiger partial charge in [-0.3, -0.25) is 9.52 Å². The monoisotopic (exact) mass is 397 g/mol. The Kier molecular flexibility index (Phi) is 4.60. The molecule has 2 N–H and O–H groups in total. The molecule has 4 rings (SSSR count). The summed E-state index contributed by atoms with van der Waals surface area (Å²) in [4.78, 5) is 11.2. The lowest BCUT2D eigenvalue weighted by atomic mass is 10.2. The second kappa shape index (κ2) is 7.08. The van der Waals surface area contributed by atoms with Crippen LogP contribution in [0.1, 0.15) is 19.2 Å². The lowest BCUT2D eigenvalue weighted by Gasteiger charge is -2.10. The molecule has 0 unspecified atom stereocenters. The number of benzene rings is 2. The van der Waals surface area contributed by atoms with Gasteiger partial charge >= 0.3 is 0 Å². The smallest absolute Gasteiger partial charge is 0.261 e. The van der Waals surface area contributed by atoms with E-state index < -0.39 is 10.0 Å². The van der Waals surface area contributed by atoms with E-state index in [1.54, 1.807) is 30.3 Å². The fraction of sp³-hybridized carbons (Fsp3) is 0.211. The molecule has 0 saturated carbocycles. The zero-order valence-corrected chi connectivity index (χ0v) is 16.0. The maximum Gasteiger partial charge on any atom is 0.261 e. The molecule has 1 amide bonds. The second-order valence-corrected chi connectivity index (χ2v) is 8.27. The Hall–Kier alpha value is -3.20. The van der Waals surface area contributed by atoms with Crippen LogP contribution in [0.15, 0.2) is 53.4 Å². The molecular weight excluding hydrogens is 378 g/mol. The van der Waals surface area contributed by atoms with Crippen LogP contribution >= 0.6 is 0 Å². The van der Waals surface area contributed by atoms with Gasteiger partial charge in [-0.1, -0.05) is 12.1 Å². The van der Waals surface area contributed by atoms with Crippen molar-refractivity contribution >= 4 is 27.3 Å². The number of rotatable bonds is 5. The van der Waals surface area contributed by atoms with Gasteiger partial charge in [-0.2, -0.15) is 0 Å². The minimum Gasteiger partial charge on any atom is -0.326 e. The first-order valence-corrected chi connectivity index (χ1v) is 10.3. The standard InChI is InChI=1S/C19H19N5O3S/c1-13(25)20-15-7-9-17(10-8-15)28(26,27)23-16-5-2-4-14(12-16)19-22-21-18-6-3-11-24(18)19/h2,4-5,7-10,12,23H,3,6,11H2,1H3,(H,20,25). The van der Waals surface area contributed by atoms with Gasteiger partial charge in [-0.25, -0.2) is 8.42 Å². The maximum absolute atomic E-state index is 12.7. The number of nitrogens with zero attached hydrogens (tertiary/aromatic N) is 3. The van der Waals surface area contributed by atoms with E-state index >= 15 is 0 Å². The molecule has 3 aromatic rings. The average Bonchev–Trinajstić information content (AvgIpc) is 3.25. The van der Waals surface area contributed by atoms with Crippen molar-refractivity contribution in [2.24, 2.45) is 0 Å². The zero-order chi connectivity index (χ0) is 19.7. The third kappa shape index (κ3) is 3.61. The number of hydrogen-bond acceptors (Lipinski definition) is 5. The van der Waals surface area contributed by atoms with Crippen molar-refractivity contribution in [1.29, 1.82) is 0 Å². The molecule has 144 valence electrons. The number of aromatic nitrogens is 3. The first-order valence-electron chi connectivity index (χ1n) is 8.85. The van der Waals surface area contributed by atoms with Gasteiger partial charge in [0.05, 0.1) is 4.90 Å². The summed E-state index contributed by atoms with van der Waals surface area (Å²) in [6, 6.07) is 13.1. The molecular formula is C19H19N5O3S. The van der Waals surface area contributed by atoms with Gasteiger partial charge in [0, 0.05) is 36.8 Å². The fourth-order valence-corrected chi connectivity index (χ4v) is 4.27. The number of carbonyl (C=O) groups excluding carboxylic acids is 1. The highest BCUT2D eigenvalue weighted by Crippen LogP contribution is 2.26. The molecule has 0 saturated heterocycles. The molecule has 8 nitrogen and oxygen atoms in total. The lowest BCUT2D eigenvalue weighted by Crippen LogP contribution is -2.13. The van der Waals surface area contributed by atoms with Crippen LogP contribution in [0.5, 0.6) is 0 Å². The number of aryl methyl sites for hydroxylation is 1. The second-order valence-electron chi connectivity index (χ2n) is 6.59. The number of fused-ring (bicyclic) bond motifs is 1. The Morgan fingerprint density at radius 1 is 1.07 bits per heavy atom. The third-order valence-corrected chi connectivity index (χ3v) is 5.86. The van der Waals surface area contributed by atoms with Crippen molar-refractivity contribution < 1.29 is 13.2 Å². The molecule has 0 bridgehead atoms. The molecule has 0 fully saturated rings. The molecule has 9 heteroatoms. The zero-order valence-electron chi connectivity index (χ0n) is 15.2. The SMILES string of the molecule is CC(=O)Nc1ccc(S(=O)(=O)Nc2cccc(-c3nnc4n3CCC4)c2)cc1. The van der Waals surface area contributed by atoms with E-state index in [1.165, 1.54) is 19.1 Å². The number of amides is 1. The molecule has 0 atom stereocenters. The molecule has 28 heavy (non-hydrogen) atoms. The van der Waals surface area contributed by atoms with E-state index in [1.807, 2.05) is 6.07 Å². The Morgan fingerprint density at radius 3 is 2.61 bits per heavy atom. The van der Waals surface area contributed by atoms with Crippen molar-refractivity contribution in [2.45, 2.75) is 31.2 Å². The molecule has 0 radical (unpaired) electrons. The van der Waals surface area contributed by atoms with E-state index in [9.17, 15) is 13.2 Å². The van der Waals surface area contributed by atoms with Crippen LogP contribution in [-0.2, 0) is 27.8 Å². The minimum absolute atomic E-state index is 0.107. The average molecular weight is 397 g/mol. The van der Waals surface area contributed by atoms with E-state index in [0.717, 1.165) is 36.6 Å². The summed E-state index contributed by atoms with van der Waals surface area (Å²) in [5.41, 5.74) is 1.79. The summed E-state index contributed by atoms with van der Waals surface area (Å²) in [5, 5.41) is 11.0. The first kappa shape index (κ1) is 18.2. The van der Waals surface area contributed by atoms with Crippen LogP contribution in [0.3, 0.4) is 0 Å². The summed E-state index contributed by atoms with van der Waals surface area (Å²) < 4.78 is 30.0. The van der Waals surface area contributed by atoms with Crippen LogP contribution in [0, 0.1) is 0 Å². The van der Waals surface area contributed by atoms with Crippen LogP contribution in [-0.4, -0.2) is 29.1 Å². The van der Waals surface area contributed by atoms with Crippen LogP contribution in [0.4, 0.5) is 11.4 Å². The highest BCUT2D eigenvalue weighted by Gasteiger charge is 2.19. The van der Waals surface area contributed by atoms with Gasteiger partial charge in [-0.15, -0.1) is 10.2 Å². The molecule has 2 aromatic carbocycles. The van der Waals surface area contributed by atoms with Crippen molar-refractivity contribution in [3.8, 4) is 11.4 Å². The Labute approximate surface area is 162 Å². The minimum atomic E-state index is -3.76. The van der Waals surface area contributed by atoms with Gasteiger partial charge in [0.15, 0.2) is 5.82 Å². The molecule has 1 aliphatic rings. The van der Waals surface area contributed by atoms with Gasteiger partial charge < -0.3 is 9.88 Å². The summed E-state index contributed by atoms with van der Waals surface area (Å²) in [7, 11) is -3.76. The lowest BCUT2D eigenvalue weighted by molar-refractivity contribution is -0.114. The van der Waals surface area contributed by atoms with Gasteiger partial charge in [-0.05, 0) is 42.8 Å². The maximum atomic E-state index is 12.7. The molecule has 0 aliphatic carbocycles. The number of sulfonamides is 1. The molecule has 1 aliphatic heterocycles. The van der Waals surface area contributed by atoms with Gasteiger partial charge in [0.25, 0.3) is 10.0 Å². The van der Waals surface area contributed by atoms with Crippen molar-refractivity contribution in [3.63, 3.8) is 0 Å². The van der Waals surface area contributed by atoms with Crippen molar-refractivity contribution in [3.05, 3.63) is 54.4 Å². The number of nitrogens with one attached hydrogen (secondary N) is 2. The Balaban J connectivity index is 1.57. The van der Waals surface area contributed by atoms with E-state index in [4.69, 9.17) is 0 Å². The van der Waals surface area contributed by atoms with Gasteiger partial charge in [0.2, 0.25) is 5.91 Å². The highest BCUT2D eigenvalue weighted by molar-refractivity contribution is 7.92. The largest absolute Gasteiger partial charge is 0.326 e. The summed E-state index contributed by atoms with van der Waals surface area (Å²) >= 11 is 0. The van der Waals surface area contributed by atoms with E-state index in [2.05, 4.69) is 24.8 Å². The quantitative estimate of drug-likeness (QED) is 0.688. The number of hydrogen-bond donors (Lipinski definition) is 2. The van der Waals surface area contributed by atoms with Crippen LogP contribution in [0.25, 0.3) is 11.4 Å². The molecule has 2 heterocycles. The van der Waals surface area contributed by atoms with E-state index in [0.29, 0.717) is 11.4 Å². The third-order valence-electron chi connectivity index (χ3n) is 4.47. The summed E-state index contributed by atoms with van der Waals surface area (Å²) in [5.74, 6) is 1.49. The first-order chi connectivity index (χ1) is 13.4. The topological polar surface area (TPSA) is 106 Å². The highest BCUT2D eigenvalue weighted by atomic mass is 32.2. The number of carbonyl (C=O) groups is 1. The number of anilines is 2. The predicted octanol–water partition coefficient (Wildman–Crippen LogP) is 2.65. The summed E-state index contributed by atoms with van der Waals surface area (Å²) in [6.45, 7) is 2.26. The van der Waals surface area contributed by atoms with Crippen molar-refractivity contribution in [2.75, 3.05) is 10.0 Å². The van der Waals surface area contributed by atoms with Crippen molar-refractivity contribution in [1.82, 2.24) is 14.8 Å². The van der Waals surface area contributed by atoms with Crippen LogP contribution in [0.2, 0.25) is 0 Å². The normalized spacial score (nSPS) is 13.2. The Morgan fingerprint density at radius 2 is 1.86 bits per heavy atom. The fourth-order valence-electron chi connectivity index (χ4n) is 3.22. The van der Waals surface area contributed by atoms with Crippen LogP contribution < -0.4 is 10.0 Å². The molecule has 1 aromatic heterocycles. The Bertz CT molecular complexity index is 1140. The van der Waals surface area contributed by atoms with Gasteiger partial charge in [0.1, 0.15) is 5.82 Å².